The molecule has 0 radical (unpaired) electrons. The first-order valence-electron chi connectivity index (χ1n) is 4.18. The van der Waals surface area contributed by atoms with E-state index in [2.05, 4.69) is 16.9 Å². The Labute approximate surface area is 82.3 Å². The van der Waals surface area contributed by atoms with Crippen LogP contribution in [0.25, 0.3) is 0 Å². The molecular weight excluding hydrogens is 180 g/mol. The van der Waals surface area contributed by atoms with E-state index in [1.54, 1.807) is 13.0 Å². The summed E-state index contributed by atoms with van der Waals surface area (Å²) in [5.41, 5.74) is 0.877. The number of pyridine rings is 1. The molecule has 0 aliphatic carbocycles. The van der Waals surface area contributed by atoms with Crippen molar-refractivity contribution in [3.05, 3.63) is 36.2 Å². The zero-order valence-electron chi connectivity index (χ0n) is 7.95. The van der Waals surface area contributed by atoms with Gasteiger partial charge in [-0.3, -0.25) is 4.79 Å². The van der Waals surface area contributed by atoms with Crippen molar-refractivity contribution >= 4 is 5.91 Å². The van der Waals surface area contributed by atoms with Crippen LogP contribution in [0.3, 0.4) is 0 Å². The van der Waals surface area contributed by atoms with Crippen LogP contribution in [0.1, 0.15) is 17.4 Å². The van der Waals surface area contributed by atoms with Gasteiger partial charge in [-0.05, 0) is 19.1 Å². The lowest BCUT2D eigenvalue weighted by Gasteiger charge is -2.04. The lowest BCUT2D eigenvalue weighted by molar-refractivity contribution is 0.0949. The third-order valence-corrected chi connectivity index (χ3v) is 1.55. The molecule has 0 fully saturated rings. The average molecular weight is 192 g/mol. The second kappa shape index (κ2) is 4.41. The summed E-state index contributed by atoms with van der Waals surface area (Å²) >= 11 is 0. The van der Waals surface area contributed by atoms with Crippen LogP contribution < -0.4 is 5.32 Å². The van der Waals surface area contributed by atoms with E-state index in [9.17, 15) is 9.90 Å². The number of rotatable bonds is 3. The first kappa shape index (κ1) is 10.2. The lowest BCUT2D eigenvalue weighted by atomic mass is 10.3. The van der Waals surface area contributed by atoms with E-state index in [1.165, 1.54) is 12.3 Å². The Kier molecular flexibility index (Phi) is 3.23. The maximum absolute atomic E-state index is 11.4. The van der Waals surface area contributed by atoms with Gasteiger partial charge in [-0.1, -0.05) is 12.2 Å². The minimum absolute atomic E-state index is 0.0359. The number of carbonyl (C=O) groups is 1. The summed E-state index contributed by atoms with van der Waals surface area (Å²) in [5, 5.41) is 11.9. The molecule has 14 heavy (non-hydrogen) atoms. The number of amides is 1. The summed E-state index contributed by atoms with van der Waals surface area (Å²) in [5.74, 6) is -0.516. The molecule has 2 N–H and O–H groups in total. The predicted octanol–water partition coefficient (Wildman–Crippen LogP) is 1.09. The monoisotopic (exact) mass is 192 g/mol. The standard InChI is InChI=1S/C10H12N2O2/c1-7(2)6-12-10(14)9-8(13)4-3-5-11-9/h3-5,13H,1,6H2,2H3,(H,12,14). The molecule has 0 aliphatic heterocycles. The molecule has 4 nitrogen and oxygen atoms in total. The molecule has 0 atom stereocenters. The Morgan fingerprint density at radius 2 is 2.43 bits per heavy atom. The van der Waals surface area contributed by atoms with Gasteiger partial charge in [0, 0.05) is 12.7 Å². The first-order chi connectivity index (χ1) is 6.61. The Bertz CT molecular complexity index is 361. The van der Waals surface area contributed by atoms with Crippen LogP contribution in [-0.2, 0) is 0 Å². The fourth-order valence-electron chi connectivity index (χ4n) is 0.887. The van der Waals surface area contributed by atoms with E-state index in [4.69, 9.17) is 0 Å². The molecule has 4 heteroatoms. The van der Waals surface area contributed by atoms with Gasteiger partial charge in [0.2, 0.25) is 0 Å². The molecule has 1 rings (SSSR count). The molecule has 0 spiro atoms. The van der Waals surface area contributed by atoms with Crippen molar-refractivity contribution in [2.45, 2.75) is 6.92 Å². The van der Waals surface area contributed by atoms with Crippen LogP contribution in [0.4, 0.5) is 0 Å². The zero-order valence-corrected chi connectivity index (χ0v) is 7.95. The summed E-state index contributed by atoms with van der Waals surface area (Å²) in [6.45, 7) is 5.83. The van der Waals surface area contributed by atoms with Crippen LogP contribution in [0.5, 0.6) is 5.75 Å². The van der Waals surface area contributed by atoms with Gasteiger partial charge in [0.05, 0.1) is 0 Å². The van der Waals surface area contributed by atoms with Crippen molar-refractivity contribution in [3.63, 3.8) is 0 Å². The maximum atomic E-state index is 11.4. The highest BCUT2D eigenvalue weighted by Crippen LogP contribution is 2.11. The van der Waals surface area contributed by atoms with Crippen LogP contribution >= 0.6 is 0 Å². The highest BCUT2D eigenvalue weighted by atomic mass is 16.3. The lowest BCUT2D eigenvalue weighted by Crippen LogP contribution is -2.25. The van der Waals surface area contributed by atoms with Crippen LogP contribution in [0, 0.1) is 0 Å². The zero-order chi connectivity index (χ0) is 10.6. The molecule has 1 heterocycles. The van der Waals surface area contributed by atoms with E-state index < -0.39 is 5.91 Å². The molecule has 1 amide bonds. The smallest absolute Gasteiger partial charge is 0.273 e. The molecule has 0 saturated heterocycles. The van der Waals surface area contributed by atoms with Crippen molar-refractivity contribution < 1.29 is 9.90 Å². The van der Waals surface area contributed by atoms with Gasteiger partial charge in [0.1, 0.15) is 5.75 Å². The topological polar surface area (TPSA) is 62.2 Å². The number of hydrogen-bond donors (Lipinski definition) is 2. The van der Waals surface area contributed by atoms with Gasteiger partial charge in [-0.15, -0.1) is 0 Å². The van der Waals surface area contributed by atoms with Crippen LogP contribution in [0.2, 0.25) is 0 Å². The first-order valence-corrected chi connectivity index (χ1v) is 4.18. The van der Waals surface area contributed by atoms with Gasteiger partial charge in [-0.2, -0.15) is 0 Å². The van der Waals surface area contributed by atoms with Crippen molar-refractivity contribution in [1.82, 2.24) is 10.3 Å². The minimum Gasteiger partial charge on any atom is -0.505 e. The van der Waals surface area contributed by atoms with Gasteiger partial charge < -0.3 is 10.4 Å². The highest BCUT2D eigenvalue weighted by molar-refractivity contribution is 5.94. The van der Waals surface area contributed by atoms with Gasteiger partial charge >= 0.3 is 0 Å². The van der Waals surface area contributed by atoms with Gasteiger partial charge in [-0.25, -0.2) is 4.98 Å². The van der Waals surface area contributed by atoms with Crippen molar-refractivity contribution in [2.75, 3.05) is 6.54 Å². The normalized spacial score (nSPS) is 9.50. The number of aromatic nitrogens is 1. The molecule has 1 aromatic rings. The number of carbonyl (C=O) groups excluding carboxylic acids is 1. The third-order valence-electron chi connectivity index (χ3n) is 1.55. The number of hydrogen-bond acceptors (Lipinski definition) is 3. The van der Waals surface area contributed by atoms with E-state index in [0.29, 0.717) is 6.54 Å². The molecule has 0 aliphatic rings. The van der Waals surface area contributed by atoms with Crippen LogP contribution in [-0.4, -0.2) is 22.5 Å². The molecule has 0 bridgehead atoms. The molecule has 74 valence electrons. The van der Waals surface area contributed by atoms with Crippen LogP contribution in [0.15, 0.2) is 30.5 Å². The Balaban J connectivity index is 2.70. The van der Waals surface area contributed by atoms with E-state index in [1.807, 2.05) is 0 Å². The molecule has 0 saturated carbocycles. The van der Waals surface area contributed by atoms with Gasteiger partial charge in [0.25, 0.3) is 5.91 Å². The molecule has 0 aromatic carbocycles. The SMILES string of the molecule is C=C(C)CNC(=O)c1ncccc1O. The van der Waals surface area contributed by atoms with E-state index in [0.717, 1.165) is 5.57 Å². The second-order valence-corrected chi connectivity index (χ2v) is 3.01. The quantitative estimate of drug-likeness (QED) is 0.705. The Hall–Kier alpha value is -1.84. The predicted molar refractivity (Wildman–Crippen MR) is 53.0 cm³/mol. The van der Waals surface area contributed by atoms with Gasteiger partial charge in [0.15, 0.2) is 5.69 Å². The second-order valence-electron chi connectivity index (χ2n) is 3.01. The summed E-state index contributed by atoms with van der Waals surface area (Å²) in [6, 6.07) is 2.98. The largest absolute Gasteiger partial charge is 0.505 e. The Morgan fingerprint density at radius 3 is 3.00 bits per heavy atom. The maximum Gasteiger partial charge on any atom is 0.273 e. The number of nitrogens with one attached hydrogen (secondary N) is 1. The molecular formula is C10H12N2O2. The summed E-state index contributed by atoms with van der Waals surface area (Å²) < 4.78 is 0. The highest BCUT2D eigenvalue weighted by Gasteiger charge is 2.10. The number of aromatic hydroxyl groups is 1. The van der Waals surface area contributed by atoms with Crippen molar-refractivity contribution in [2.24, 2.45) is 0 Å². The van der Waals surface area contributed by atoms with E-state index >= 15 is 0 Å². The van der Waals surface area contributed by atoms with E-state index in [-0.39, 0.29) is 11.4 Å². The molecule has 0 unspecified atom stereocenters. The summed E-state index contributed by atoms with van der Waals surface area (Å²) in [4.78, 5) is 15.2. The summed E-state index contributed by atoms with van der Waals surface area (Å²) in [6.07, 6.45) is 1.45. The fraction of sp³-hybridized carbons (Fsp3) is 0.200. The fourth-order valence-corrected chi connectivity index (χ4v) is 0.887. The Morgan fingerprint density at radius 1 is 1.71 bits per heavy atom. The summed E-state index contributed by atoms with van der Waals surface area (Å²) in [7, 11) is 0. The van der Waals surface area contributed by atoms with Crippen molar-refractivity contribution in [1.29, 1.82) is 0 Å². The molecule has 1 aromatic heterocycles. The minimum atomic E-state index is -0.397. The average Bonchev–Trinajstić information content (AvgIpc) is 2.15. The third kappa shape index (κ3) is 2.58. The van der Waals surface area contributed by atoms with Crippen molar-refractivity contribution in [3.8, 4) is 5.75 Å². The number of nitrogens with zero attached hydrogens (tertiary/aromatic N) is 1.